The van der Waals surface area contributed by atoms with Gasteiger partial charge in [0.25, 0.3) is 0 Å². The van der Waals surface area contributed by atoms with Gasteiger partial charge in [0.15, 0.2) is 5.82 Å². The summed E-state index contributed by atoms with van der Waals surface area (Å²) in [7, 11) is 0. The number of hydrogen-bond donors (Lipinski definition) is 2. The van der Waals surface area contributed by atoms with Crippen LogP contribution in [-0.4, -0.2) is 21.7 Å². The van der Waals surface area contributed by atoms with Gasteiger partial charge < -0.3 is 10.6 Å². The number of halogens is 2. The van der Waals surface area contributed by atoms with Gasteiger partial charge in [0, 0.05) is 12.2 Å². The molecule has 2 N–H and O–H groups in total. The topological polar surface area (TPSA) is 62.7 Å². The molecule has 1 aromatic carbocycles. The number of benzene rings is 1. The summed E-state index contributed by atoms with van der Waals surface area (Å²) >= 11 is 5.70. The second-order valence-corrected chi connectivity index (χ2v) is 4.25. The molecule has 1 heterocycles. The third-order valence-corrected chi connectivity index (χ3v) is 2.57. The average molecular weight is 282 g/mol. The Kier molecular flexibility index (Phi) is 4.46. The van der Waals surface area contributed by atoms with Gasteiger partial charge in [-0.2, -0.15) is 10.1 Å². The summed E-state index contributed by atoms with van der Waals surface area (Å²) in [6.07, 6.45) is 2.45. The van der Waals surface area contributed by atoms with Crippen molar-refractivity contribution in [3.05, 3.63) is 35.2 Å². The van der Waals surface area contributed by atoms with Gasteiger partial charge in [0.05, 0.1) is 11.2 Å². The molecule has 19 heavy (non-hydrogen) atoms. The number of hydrogen-bond acceptors (Lipinski definition) is 5. The summed E-state index contributed by atoms with van der Waals surface area (Å²) in [5.74, 6) is 0.495. The van der Waals surface area contributed by atoms with E-state index in [4.69, 9.17) is 11.6 Å². The van der Waals surface area contributed by atoms with Gasteiger partial charge in [0.1, 0.15) is 5.82 Å². The van der Waals surface area contributed by atoms with E-state index in [9.17, 15) is 4.39 Å². The molecule has 0 saturated carbocycles. The summed E-state index contributed by atoms with van der Waals surface area (Å²) in [4.78, 5) is 4.22. The van der Waals surface area contributed by atoms with Crippen LogP contribution in [0.2, 0.25) is 5.02 Å². The van der Waals surface area contributed by atoms with Crippen molar-refractivity contribution in [2.75, 3.05) is 17.2 Å². The maximum Gasteiger partial charge on any atom is 0.244 e. The third kappa shape index (κ3) is 3.75. The largest absolute Gasteiger partial charge is 0.353 e. The van der Waals surface area contributed by atoms with Crippen LogP contribution in [0.25, 0.3) is 0 Å². The smallest absolute Gasteiger partial charge is 0.244 e. The quantitative estimate of drug-likeness (QED) is 0.881. The first-order chi connectivity index (χ1) is 9.19. The Morgan fingerprint density at radius 1 is 1.37 bits per heavy atom. The Morgan fingerprint density at radius 2 is 2.21 bits per heavy atom. The molecule has 1 aromatic heterocycles. The van der Waals surface area contributed by atoms with Crippen molar-refractivity contribution < 1.29 is 4.39 Å². The average Bonchev–Trinajstić information content (AvgIpc) is 2.41. The van der Waals surface area contributed by atoms with Crippen molar-refractivity contribution in [1.29, 1.82) is 0 Å². The van der Waals surface area contributed by atoms with E-state index in [1.807, 2.05) is 6.92 Å². The van der Waals surface area contributed by atoms with Gasteiger partial charge in [0.2, 0.25) is 5.95 Å². The molecule has 7 heteroatoms. The maximum absolute atomic E-state index is 13.0. The van der Waals surface area contributed by atoms with Crippen LogP contribution in [0, 0.1) is 5.82 Å². The lowest BCUT2D eigenvalue weighted by Crippen LogP contribution is -2.06. The molecule has 0 saturated heterocycles. The zero-order valence-electron chi connectivity index (χ0n) is 10.3. The standard InChI is InChI=1S/C12H13ClFN5/c1-2-5-15-12-18-11(7-16-19-12)17-8-3-4-10(14)9(13)6-8/h3-4,6-7H,2,5H2,1H3,(H2,15,17,18,19). The molecular formula is C12H13ClFN5. The molecule has 0 fully saturated rings. The van der Waals surface area contributed by atoms with Gasteiger partial charge in [-0.15, -0.1) is 5.10 Å². The van der Waals surface area contributed by atoms with Gasteiger partial charge >= 0.3 is 0 Å². The summed E-state index contributed by atoms with van der Waals surface area (Å²) < 4.78 is 13.0. The highest BCUT2D eigenvalue weighted by Crippen LogP contribution is 2.21. The zero-order valence-corrected chi connectivity index (χ0v) is 11.1. The summed E-state index contributed by atoms with van der Waals surface area (Å²) in [6.45, 7) is 2.82. The van der Waals surface area contributed by atoms with E-state index in [0.29, 0.717) is 17.5 Å². The van der Waals surface area contributed by atoms with E-state index < -0.39 is 5.82 Å². The van der Waals surface area contributed by atoms with E-state index in [1.165, 1.54) is 18.3 Å². The third-order valence-electron chi connectivity index (χ3n) is 2.28. The second-order valence-electron chi connectivity index (χ2n) is 3.85. The van der Waals surface area contributed by atoms with E-state index in [0.717, 1.165) is 13.0 Å². The molecule has 0 amide bonds. The van der Waals surface area contributed by atoms with Crippen LogP contribution in [-0.2, 0) is 0 Å². The van der Waals surface area contributed by atoms with Crippen LogP contribution in [0.3, 0.4) is 0 Å². The summed E-state index contributed by atoms with van der Waals surface area (Å²) in [5.41, 5.74) is 0.633. The minimum atomic E-state index is -0.460. The first-order valence-electron chi connectivity index (χ1n) is 5.84. The second kappa shape index (κ2) is 6.29. The first kappa shape index (κ1) is 13.5. The first-order valence-corrected chi connectivity index (χ1v) is 6.22. The number of aromatic nitrogens is 3. The van der Waals surface area contributed by atoms with Gasteiger partial charge in [-0.05, 0) is 24.6 Å². The molecule has 0 aliphatic heterocycles. The fourth-order valence-corrected chi connectivity index (χ4v) is 1.58. The number of nitrogens with zero attached hydrogens (tertiary/aromatic N) is 3. The van der Waals surface area contributed by atoms with Crippen LogP contribution in [0.4, 0.5) is 21.8 Å². The fraction of sp³-hybridized carbons (Fsp3) is 0.250. The Morgan fingerprint density at radius 3 is 2.95 bits per heavy atom. The molecule has 0 aliphatic rings. The zero-order chi connectivity index (χ0) is 13.7. The molecule has 0 aliphatic carbocycles. The number of rotatable bonds is 5. The maximum atomic E-state index is 13.0. The Balaban J connectivity index is 2.11. The lowest BCUT2D eigenvalue weighted by atomic mass is 10.3. The van der Waals surface area contributed by atoms with Crippen molar-refractivity contribution in [3.8, 4) is 0 Å². The Bertz CT molecular complexity index is 564. The lowest BCUT2D eigenvalue weighted by molar-refractivity contribution is 0.628. The normalized spacial score (nSPS) is 10.3. The molecule has 2 rings (SSSR count). The van der Waals surface area contributed by atoms with Crippen LogP contribution in [0.15, 0.2) is 24.4 Å². The minimum Gasteiger partial charge on any atom is -0.353 e. The predicted molar refractivity (Wildman–Crippen MR) is 73.3 cm³/mol. The summed E-state index contributed by atoms with van der Waals surface area (Å²) in [5, 5.41) is 13.7. The predicted octanol–water partition coefficient (Wildman–Crippen LogP) is 3.23. The van der Waals surface area contributed by atoms with Crippen molar-refractivity contribution in [2.45, 2.75) is 13.3 Å². The molecule has 100 valence electrons. The molecule has 5 nitrogen and oxygen atoms in total. The SMILES string of the molecule is CCCNc1nncc(Nc2ccc(F)c(Cl)c2)n1. The van der Waals surface area contributed by atoms with Crippen molar-refractivity contribution in [1.82, 2.24) is 15.2 Å². The van der Waals surface area contributed by atoms with E-state index in [2.05, 4.69) is 25.8 Å². The Hall–Kier alpha value is -1.95. The van der Waals surface area contributed by atoms with E-state index in [-0.39, 0.29) is 5.02 Å². The lowest BCUT2D eigenvalue weighted by Gasteiger charge is -2.07. The highest BCUT2D eigenvalue weighted by molar-refractivity contribution is 6.31. The number of nitrogens with one attached hydrogen (secondary N) is 2. The van der Waals surface area contributed by atoms with Gasteiger partial charge in [-0.3, -0.25) is 0 Å². The van der Waals surface area contributed by atoms with Crippen LogP contribution in [0.1, 0.15) is 13.3 Å². The van der Waals surface area contributed by atoms with Crippen molar-refractivity contribution in [3.63, 3.8) is 0 Å². The van der Waals surface area contributed by atoms with E-state index in [1.54, 1.807) is 6.07 Å². The molecule has 2 aromatic rings. The molecule has 0 atom stereocenters. The molecule has 0 spiro atoms. The van der Waals surface area contributed by atoms with Crippen LogP contribution >= 0.6 is 11.6 Å². The van der Waals surface area contributed by atoms with Crippen LogP contribution in [0.5, 0.6) is 0 Å². The molecule has 0 bridgehead atoms. The molecular weight excluding hydrogens is 269 g/mol. The fourth-order valence-electron chi connectivity index (χ4n) is 1.40. The van der Waals surface area contributed by atoms with Crippen molar-refractivity contribution in [2.24, 2.45) is 0 Å². The van der Waals surface area contributed by atoms with Crippen LogP contribution < -0.4 is 10.6 Å². The monoisotopic (exact) mass is 281 g/mol. The minimum absolute atomic E-state index is 0.0522. The molecule has 0 unspecified atom stereocenters. The van der Waals surface area contributed by atoms with Crippen molar-refractivity contribution >= 4 is 29.1 Å². The number of anilines is 3. The molecule has 0 radical (unpaired) electrons. The summed E-state index contributed by atoms with van der Waals surface area (Å²) in [6, 6.07) is 4.34. The highest BCUT2D eigenvalue weighted by atomic mass is 35.5. The highest BCUT2D eigenvalue weighted by Gasteiger charge is 2.03. The van der Waals surface area contributed by atoms with Gasteiger partial charge in [-0.1, -0.05) is 18.5 Å². The Labute approximate surface area is 115 Å². The van der Waals surface area contributed by atoms with Gasteiger partial charge in [-0.25, -0.2) is 4.39 Å². The van der Waals surface area contributed by atoms with E-state index >= 15 is 0 Å².